The Balaban J connectivity index is 1.88. The molecule has 0 unspecified atom stereocenters. The van der Waals surface area contributed by atoms with Crippen LogP contribution >= 0.6 is 0 Å². The zero-order valence-corrected chi connectivity index (χ0v) is 12.9. The Morgan fingerprint density at radius 3 is 2.25 bits per heavy atom. The fourth-order valence-electron chi connectivity index (χ4n) is 2.83. The van der Waals surface area contributed by atoms with Crippen molar-refractivity contribution in [2.24, 2.45) is 0 Å². The number of morpholine rings is 1. The van der Waals surface area contributed by atoms with E-state index in [4.69, 9.17) is 9.84 Å². The van der Waals surface area contributed by atoms with Crippen LogP contribution in [0.2, 0.25) is 0 Å². The van der Waals surface area contributed by atoms with Crippen LogP contribution in [-0.2, 0) is 4.74 Å². The lowest BCUT2D eigenvalue weighted by molar-refractivity contribution is -0.0681. The molecule has 20 heavy (non-hydrogen) atoms. The molecule has 0 aliphatic carbocycles. The fraction of sp³-hybridized carbons (Fsp3) is 0.933. The van der Waals surface area contributed by atoms with Crippen molar-refractivity contribution in [3.63, 3.8) is 0 Å². The van der Waals surface area contributed by atoms with Crippen LogP contribution in [0.5, 0.6) is 0 Å². The Bertz CT molecular complexity index is 264. The summed E-state index contributed by atoms with van der Waals surface area (Å²) in [6, 6.07) is 0. The van der Waals surface area contributed by atoms with Gasteiger partial charge in [0.1, 0.15) is 0 Å². The average Bonchev–Trinajstić information content (AvgIpc) is 2.35. The Morgan fingerprint density at radius 2 is 1.65 bits per heavy atom. The first-order valence-electron chi connectivity index (χ1n) is 7.92. The summed E-state index contributed by atoms with van der Waals surface area (Å²) >= 11 is 0. The molecule has 5 heteroatoms. The van der Waals surface area contributed by atoms with Gasteiger partial charge in [0.25, 0.3) is 0 Å². The molecule has 0 saturated carbocycles. The average molecular weight is 286 g/mol. The summed E-state index contributed by atoms with van der Waals surface area (Å²) in [6.45, 7) is 8.18. The summed E-state index contributed by atoms with van der Waals surface area (Å²) in [5, 5.41) is 10.8. The third-order valence-corrected chi connectivity index (χ3v) is 3.67. The van der Waals surface area contributed by atoms with E-state index in [-0.39, 0.29) is 0 Å². The Kier molecular flexibility index (Phi) is 8.62. The number of ether oxygens (including phenoxy) is 1. The highest BCUT2D eigenvalue weighted by Crippen LogP contribution is 2.12. The van der Waals surface area contributed by atoms with E-state index in [2.05, 4.69) is 24.1 Å². The monoisotopic (exact) mass is 286 g/mol. The van der Waals surface area contributed by atoms with Crippen LogP contribution in [0.4, 0.5) is 4.79 Å². The maximum absolute atomic E-state index is 10.2. The second-order valence-corrected chi connectivity index (χ2v) is 5.87. The van der Waals surface area contributed by atoms with Crippen molar-refractivity contribution < 1.29 is 14.6 Å². The van der Waals surface area contributed by atoms with E-state index in [0.717, 1.165) is 25.9 Å². The van der Waals surface area contributed by atoms with Gasteiger partial charge in [0.15, 0.2) is 0 Å². The summed E-state index contributed by atoms with van der Waals surface area (Å²) < 4.78 is 5.73. The Morgan fingerprint density at radius 1 is 1.10 bits per heavy atom. The Labute approximate surface area is 122 Å². The van der Waals surface area contributed by atoms with Gasteiger partial charge in [0.2, 0.25) is 0 Å². The van der Waals surface area contributed by atoms with Crippen molar-refractivity contribution in [2.45, 2.75) is 64.6 Å². The van der Waals surface area contributed by atoms with Gasteiger partial charge in [-0.25, -0.2) is 4.79 Å². The molecule has 1 heterocycles. The van der Waals surface area contributed by atoms with E-state index in [1.807, 2.05) is 0 Å². The van der Waals surface area contributed by atoms with Crippen molar-refractivity contribution in [1.29, 1.82) is 0 Å². The molecule has 1 aliphatic heterocycles. The molecular weight excluding hydrogens is 256 g/mol. The largest absolute Gasteiger partial charge is 0.465 e. The van der Waals surface area contributed by atoms with E-state index in [9.17, 15) is 4.79 Å². The number of nitrogens with zero attached hydrogens (tertiary/aromatic N) is 1. The van der Waals surface area contributed by atoms with E-state index < -0.39 is 6.09 Å². The summed E-state index contributed by atoms with van der Waals surface area (Å²) in [4.78, 5) is 12.8. The molecule has 1 aliphatic rings. The maximum atomic E-state index is 10.2. The summed E-state index contributed by atoms with van der Waals surface area (Å²) in [6.07, 6.45) is 6.86. The summed E-state index contributed by atoms with van der Waals surface area (Å²) in [7, 11) is 0. The van der Waals surface area contributed by atoms with Crippen molar-refractivity contribution in [1.82, 2.24) is 10.2 Å². The molecule has 118 valence electrons. The van der Waals surface area contributed by atoms with Crippen LogP contribution in [-0.4, -0.2) is 54.5 Å². The molecule has 1 saturated heterocycles. The third kappa shape index (κ3) is 8.38. The second-order valence-electron chi connectivity index (χ2n) is 5.87. The molecule has 0 aromatic carbocycles. The molecule has 0 spiro atoms. The molecule has 1 fully saturated rings. The summed E-state index contributed by atoms with van der Waals surface area (Å²) in [5.41, 5.74) is 0. The first-order valence-corrected chi connectivity index (χ1v) is 7.92. The van der Waals surface area contributed by atoms with Gasteiger partial charge >= 0.3 is 6.09 Å². The van der Waals surface area contributed by atoms with Gasteiger partial charge in [0.05, 0.1) is 12.2 Å². The van der Waals surface area contributed by atoms with Crippen LogP contribution in [0.25, 0.3) is 0 Å². The molecule has 0 aromatic rings. The van der Waals surface area contributed by atoms with Crippen LogP contribution in [0, 0.1) is 0 Å². The molecule has 5 nitrogen and oxygen atoms in total. The van der Waals surface area contributed by atoms with Gasteiger partial charge in [-0.3, -0.25) is 4.90 Å². The smallest absolute Gasteiger partial charge is 0.404 e. The van der Waals surface area contributed by atoms with Crippen molar-refractivity contribution in [3.8, 4) is 0 Å². The number of nitrogens with one attached hydrogen (secondary N) is 1. The molecule has 0 radical (unpaired) electrons. The fourth-order valence-corrected chi connectivity index (χ4v) is 2.83. The highest BCUT2D eigenvalue weighted by molar-refractivity contribution is 5.64. The molecule has 2 atom stereocenters. The summed E-state index contributed by atoms with van der Waals surface area (Å²) in [5.74, 6) is 0. The van der Waals surface area contributed by atoms with E-state index in [1.165, 1.54) is 32.2 Å². The number of hydrogen-bond donors (Lipinski definition) is 2. The van der Waals surface area contributed by atoms with Crippen LogP contribution in [0.15, 0.2) is 0 Å². The molecule has 1 amide bonds. The van der Waals surface area contributed by atoms with Gasteiger partial charge < -0.3 is 15.2 Å². The van der Waals surface area contributed by atoms with Gasteiger partial charge in [-0.05, 0) is 33.2 Å². The van der Waals surface area contributed by atoms with Crippen molar-refractivity contribution in [3.05, 3.63) is 0 Å². The van der Waals surface area contributed by atoms with E-state index in [1.54, 1.807) is 0 Å². The molecule has 0 aromatic heterocycles. The SMILES string of the molecule is C[C@@H]1CN(CCCCCCCCNC(=O)O)C[C@H](C)O1. The highest BCUT2D eigenvalue weighted by Gasteiger charge is 2.21. The number of amides is 1. The predicted octanol–water partition coefficient (Wildman–Crippen LogP) is 2.70. The minimum Gasteiger partial charge on any atom is -0.465 e. The molecule has 0 bridgehead atoms. The van der Waals surface area contributed by atoms with Crippen molar-refractivity contribution in [2.75, 3.05) is 26.2 Å². The lowest BCUT2D eigenvalue weighted by Crippen LogP contribution is -2.45. The number of carboxylic acid groups (broad SMARTS) is 1. The quantitative estimate of drug-likeness (QED) is 0.640. The minimum atomic E-state index is -0.918. The standard InChI is InChI=1S/C15H30N2O3/c1-13-11-17(12-14(2)20-13)10-8-6-4-3-5-7-9-16-15(18)19/h13-14,16H,3-12H2,1-2H3,(H,18,19)/t13-,14+. The number of hydrogen-bond acceptors (Lipinski definition) is 3. The van der Waals surface area contributed by atoms with Gasteiger partial charge in [-0.1, -0.05) is 25.7 Å². The zero-order chi connectivity index (χ0) is 14.8. The minimum absolute atomic E-state index is 0.362. The van der Waals surface area contributed by atoms with E-state index >= 15 is 0 Å². The lowest BCUT2D eigenvalue weighted by atomic mass is 10.1. The topological polar surface area (TPSA) is 61.8 Å². The van der Waals surface area contributed by atoms with Gasteiger partial charge in [-0.15, -0.1) is 0 Å². The second kappa shape index (κ2) is 10.00. The van der Waals surface area contributed by atoms with Crippen LogP contribution in [0.1, 0.15) is 52.4 Å². The van der Waals surface area contributed by atoms with E-state index in [0.29, 0.717) is 18.8 Å². The zero-order valence-electron chi connectivity index (χ0n) is 12.9. The van der Waals surface area contributed by atoms with Crippen molar-refractivity contribution >= 4 is 6.09 Å². The number of rotatable bonds is 9. The predicted molar refractivity (Wildman–Crippen MR) is 80.2 cm³/mol. The molecule has 1 rings (SSSR count). The highest BCUT2D eigenvalue weighted by atomic mass is 16.5. The molecular formula is C15H30N2O3. The third-order valence-electron chi connectivity index (χ3n) is 3.67. The van der Waals surface area contributed by atoms with Gasteiger partial charge in [-0.2, -0.15) is 0 Å². The lowest BCUT2D eigenvalue weighted by Gasteiger charge is -2.35. The first kappa shape index (κ1) is 17.2. The molecule has 2 N–H and O–H groups in total. The van der Waals surface area contributed by atoms with Crippen LogP contribution < -0.4 is 5.32 Å². The number of carbonyl (C=O) groups is 1. The first-order chi connectivity index (χ1) is 9.58. The maximum Gasteiger partial charge on any atom is 0.404 e. The van der Waals surface area contributed by atoms with Gasteiger partial charge in [0, 0.05) is 19.6 Å². The van der Waals surface area contributed by atoms with Crippen LogP contribution in [0.3, 0.4) is 0 Å². The number of unbranched alkanes of at least 4 members (excludes halogenated alkanes) is 5. The normalized spacial score (nSPS) is 23.7. The Hall–Kier alpha value is -0.810.